The van der Waals surface area contributed by atoms with E-state index >= 15 is 0 Å². The van der Waals surface area contributed by atoms with E-state index in [4.69, 9.17) is 5.73 Å². The lowest BCUT2D eigenvalue weighted by atomic mass is 9.92. The van der Waals surface area contributed by atoms with Gasteiger partial charge in [-0.25, -0.2) is 0 Å². The summed E-state index contributed by atoms with van der Waals surface area (Å²) in [5, 5.41) is 0. The van der Waals surface area contributed by atoms with Crippen LogP contribution in [-0.4, -0.2) is 35.9 Å². The Morgan fingerprint density at radius 2 is 2.18 bits per heavy atom. The van der Waals surface area contributed by atoms with Gasteiger partial charge in [0.2, 0.25) is 5.91 Å². The highest BCUT2D eigenvalue weighted by molar-refractivity contribution is 5.81. The average molecular weight is 235 g/mol. The third kappa shape index (κ3) is 3.82. The van der Waals surface area contributed by atoms with Crippen LogP contribution in [0, 0.1) is 5.41 Å². The first-order valence-corrected chi connectivity index (χ1v) is 5.83. The highest BCUT2D eigenvalue weighted by Gasteiger charge is 2.28. The second-order valence-corrected chi connectivity index (χ2v) is 4.89. The average Bonchev–Trinajstić information content (AvgIpc) is 2.36. The first-order chi connectivity index (χ1) is 7.97. The number of nitrogens with zero attached hydrogens (tertiary/aromatic N) is 2. The van der Waals surface area contributed by atoms with Crippen LogP contribution in [0.25, 0.3) is 0 Å². The summed E-state index contributed by atoms with van der Waals surface area (Å²) in [6.07, 6.45) is 2.53. The van der Waals surface area contributed by atoms with Crippen LogP contribution < -0.4 is 5.73 Å². The van der Waals surface area contributed by atoms with Crippen LogP contribution in [0.2, 0.25) is 0 Å². The van der Waals surface area contributed by atoms with Crippen molar-refractivity contribution in [2.75, 3.05) is 20.1 Å². The van der Waals surface area contributed by atoms with Crippen molar-refractivity contribution in [1.82, 2.24) is 9.88 Å². The fourth-order valence-electron chi connectivity index (χ4n) is 1.53. The van der Waals surface area contributed by atoms with Crippen molar-refractivity contribution in [3.63, 3.8) is 0 Å². The lowest BCUT2D eigenvalue weighted by molar-refractivity contribution is -0.138. The molecule has 0 aliphatic rings. The molecule has 0 atom stereocenters. The second kappa shape index (κ2) is 5.77. The van der Waals surface area contributed by atoms with E-state index in [1.807, 2.05) is 39.1 Å². The maximum Gasteiger partial charge on any atom is 0.229 e. The van der Waals surface area contributed by atoms with E-state index in [-0.39, 0.29) is 5.91 Å². The number of rotatable bonds is 5. The molecule has 0 bridgehead atoms. The normalized spacial score (nSPS) is 11.3. The van der Waals surface area contributed by atoms with Gasteiger partial charge < -0.3 is 10.6 Å². The Balaban J connectivity index is 2.50. The molecule has 17 heavy (non-hydrogen) atoms. The fourth-order valence-corrected chi connectivity index (χ4v) is 1.53. The molecule has 4 heteroatoms. The summed E-state index contributed by atoms with van der Waals surface area (Å²) in [7, 11) is 1.81. The number of nitrogens with two attached hydrogens (primary N) is 1. The van der Waals surface area contributed by atoms with Crippen LogP contribution in [0.15, 0.2) is 24.4 Å². The second-order valence-electron chi connectivity index (χ2n) is 4.89. The molecule has 2 N–H and O–H groups in total. The van der Waals surface area contributed by atoms with Gasteiger partial charge in [0.1, 0.15) is 0 Å². The smallest absolute Gasteiger partial charge is 0.229 e. The number of aromatic nitrogens is 1. The van der Waals surface area contributed by atoms with Gasteiger partial charge in [0.25, 0.3) is 0 Å². The van der Waals surface area contributed by atoms with Gasteiger partial charge in [0.15, 0.2) is 0 Å². The molecule has 94 valence electrons. The van der Waals surface area contributed by atoms with Crippen molar-refractivity contribution < 1.29 is 4.79 Å². The maximum absolute atomic E-state index is 12.0. The molecule has 0 saturated heterocycles. The van der Waals surface area contributed by atoms with E-state index in [9.17, 15) is 4.79 Å². The molecule has 0 saturated carbocycles. The number of hydrogen-bond acceptors (Lipinski definition) is 3. The Morgan fingerprint density at radius 1 is 1.47 bits per heavy atom. The zero-order valence-corrected chi connectivity index (χ0v) is 10.8. The minimum absolute atomic E-state index is 0.0796. The van der Waals surface area contributed by atoms with E-state index in [1.165, 1.54) is 0 Å². The van der Waals surface area contributed by atoms with E-state index < -0.39 is 5.41 Å². The van der Waals surface area contributed by atoms with E-state index in [1.54, 1.807) is 11.1 Å². The Bertz CT molecular complexity index is 362. The maximum atomic E-state index is 12.0. The fraction of sp³-hybridized carbons (Fsp3) is 0.538. The van der Waals surface area contributed by atoms with Crippen molar-refractivity contribution >= 4 is 5.91 Å². The van der Waals surface area contributed by atoms with Crippen molar-refractivity contribution in [2.45, 2.75) is 20.3 Å². The molecule has 4 nitrogen and oxygen atoms in total. The molecular weight excluding hydrogens is 214 g/mol. The predicted molar refractivity (Wildman–Crippen MR) is 68.4 cm³/mol. The third-order valence-corrected chi connectivity index (χ3v) is 2.87. The third-order valence-electron chi connectivity index (χ3n) is 2.87. The summed E-state index contributed by atoms with van der Waals surface area (Å²) in [6, 6.07) is 5.80. The molecule has 0 spiro atoms. The number of pyridine rings is 1. The molecule has 1 aromatic heterocycles. The number of carbonyl (C=O) groups is 1. The Labute approximate surface area is 103 Å². The van der Waals surface area contributed by atoms with E-state index in [2.05, 4.69) is 4.98 Å². The Hall–Kier alpha value is -1.42. The van der Waals surface area contributed by atoms with Gasteiger partial charge in [0, 0.05) is 38.4 Å². The highest BCUT2D eigenvalue weighted by Crippen LogP contribution is 2.16. The standard InChI is InChI=1S/C13H21N3O/c1-13(2,10-14)12(17)16(3)9-7-11-6-4-5-8-15-11/h4-6,8H,7,9-10,14H2,1-3H3. The molecule has 1 heterocycles. The van der Waals surface area contributed by atoms with Gasteiger partial charge >= 0.3 is 0 Å². The largest absolute Gasteiger partial charge is 0.345 e. The van der Waals surface area contributed by atoms with Gasteiger partial charge in [-0.2, -0.15) is 0 Å². The zero-order chi connectivity index (χ0) is 12.9. The molecule has 0 aliphatic heterocycles. The molecule has 0 fully saturated rings. The summed E-state index contributed by atoms with van der Waals surface area (Å²) in [5.41, 5.74) is 6.10. The molecule has 0 aliphatic carbocycles. The van der Waals surface area contributed by atoms with Gasteiger partial charge in [0.05, 0.1) is 5.41 Å². The van der Waals surface area contributed by atoms with Crippen molar-refractivity contribution in [3.05, 3.63) is 30.1 Å². The minimum atomic E-state index is -0.487. The SMILES string of the molecule is CN(CCc1ccccn1)C(=O)C(C)(C)CN. The number of amides is 1. The quantitative estimate of drug-likeness (QED) is 0.830. The van der Waals surface area contributed by atoms with Crippen molar-refractivity contribution in [3.8, 4) is 0 Å². The summed E-state index contributed by atoms with van der Waals surface area (Å²) in [6.45, 7) is 4.76. The van der Waals surface area contributed by atoms with Crippen LogP contribution in [-0.2, 0) is 11.2 Å². The molecule has 0 unspecified atom stereocenters. The van der Waals surface area contributed by atoms with Crippen LogP contribution in [0.3, 0.4) is 0 Å². The summed E-state index contributed by atoms with van der Waals surface area (Å²) in [4.78, 5) is 18.0. The molecular formula is C13H21N3O. The van der Waals surface area contributed by atoms with Crippen molar-refractivity contribution in [1.29, 1.82) is 0 Å². The molecule has 1 amide bonds. The highest BCUT2D eigenvalue weighted by atomic mass is 16.2. The predicted octanol–water partition coefficient (Wildman–Crippen LogP) is 1.07. The Kier molecular flexibility index (Phi) is 4.63. The Morgan fingerprint density at radius 3 is 2.71 bits per heavy atom. The molecule has 0 radical (unpaired) electrons. The lowest BCUT2D eigenvalue weighted by Crippen LogP contribution is -2.43. The van der Waals surface area contributed by atoms with Crippen LogP contribution in [0.1, 0.15) is 19.5 Å². The van der Waals surface area contributed by atoms with E-state index in [0.717, 1.165) is 12.1 Å². The topological polar surface area (TPSA) is 59.2 Å². The monoisotopic (exact) mass is 235 g/mol. The lowest BCUT2D eigenvalue weighted by Gasteiger charge is -2.28. The number of likely N-dealkylation sites (N-methyl/N-ethyl adjacent to an activating group) is 1. The first-order valence-electron chi connectivity index (χ1n) is 5.83. The molecule has 1 aromatic rings. The first kappa shape index (κ1) is 13.6. The zero-order valence-electron chi connectivity index (χ0n) is 10.8. The van der Waals surface area contributed by atoms with Gasteiger partial charge in [-0.15, -0.1) is 0 Å². The molecule has 1 rings (SSSR count). The minimum Gasteiger partial charge on any atom is -0.345 e. The van der Waals surface area contributed by atoms with Gasteiger partial charge in [-0.05, 0) is 26.0 Å². The van der Waals surface area contributed by atoms with Crippen LogP contribution >= 0.6 is 0 Å². The number of hydrogen-bond donors (Lipinski definition) is 1. The molecule has 0 aromatic carbocycles. The van der Waals surface area contributed by atoms with Crippen molar-refractivity contribution in [2.24, 2.45) is 11.1 Å². The van der Waals surface area contributed by atoms with Gasteiger partial charge in [-0.3, -0.25) is 9.78 Å². The summed E-state index contributed by atoms with van der Waals surface area (Å²) >= 11 is 0. The van der Waals surface area contributed by atoms with E-state index in [0.29, 0.717) is 13.1 Å². The van der Waals surface area contributed by atoms with Gasteiger partial charge in [-0.1, -0.05) is 6.07 Å². The summed E-state index contributed by atoms with van der Waals surface area (Å²) in [5.74, 6) is 0.0796. The number of carbonyl (C=O) groups excluding carboxylic acids is 1. The van der Waals surface area contributed by atoms with Crippen LogP contribution in [0.5, 0.6) is 0 Å². The van der Waals surface area contributed by atoms with Crippen LogP contribution in [0.4, 0.5) is 0 Å². The summed E-state index contributed by atoms with van der Waals surface area (Å²) < 4.78 is 0.